The molecular formula is C14H23N5. The van der Waals surface area contributed by atoms with Crippen LogP contribution >= 0.6 is 0 Å². The zero-order valence-electron chi connectivity index (χ0n) is 12.2. The van der Waals surface area contributed by atoms with E-state index in [1.807, 2.05) is 38.2 Å². The first-order chi connectivity index (χ1) is 9.15. The van der Waals surface area contributed by atoms with Crippen LogP contribution in [0.3, 0.4) is 0 Å². The van der Waals surface area contributed by atoms with Crippen molar-refractivity contribution in [2.75, 3.05) is 7.05 Å². The highest BCUT2D eigenvalue weighted by Crippen LogP contribution is 2.21. The molecule has 0 aliphatic carbocycles. The molecule has 1 unspecified atom stereocenters. The molecule has 2 aromatic rings. The van der Waals surface area contributed by atoms with Crippen LogP contribution in [0.15, 0.2) is 18.6 Å². The van der Waals surface area contributed by atoms with E-state index in [4.69, 9.17) is 0 Å². The van der Waals surface area contributed by atoms with Crippen LogP contribution in [0.2, 0.25) is 0 Å². The molecule has 0 bridgehead atoms. The van der Waals surface area contributed by atoms with Gasteiger partial charge in [0.15, 0.2) is 0 Å². The second-order valence-electron chi connectivity index (χ2n) is 4.89. The smallest absolute Gasteiger partial charge is 0.108 e. The number of nitrogens with zero attached hydrogens (tertiary/aromatic N) is 4. The Balaban J connectivity index is 2.09. The molecule has 5 heteroatoms. The normalized spacial score (nSPS) is 12.8. The van der Waals surface area contributed by atoms with Gasteiger partial charge in [-0.05, 0) is 19.9 Å². The Bertz CT molecular complexity index is 526. The van der Waals surface area contributed by atoms with E-state index in [1.54, 1.807) is 0 Å². The Labute approximate surface area is 114 Å². The number of aryl methyl sites for hydroxylation is 4. The van der Waals surface area contributed by atoms with Gasteiger partial charge in [-0.3, -0.25) is 4.68 Å². The van der Waals surface area contributed by atoms with Gasteiger partial charge in [-0.25, -0.2) is 4.98 Å². The van der Waals surface area contributed by atoms with Gasteiger partial charge in [-0.1, -0.05) is 6.92 Å². The summed E-state index contributed by atoms with van der Waals surface area (Å²) in [4.78, 5) is 4.38. The average Bonchev–Trinajstić information content (AvgIpc) is 2.97. The molecule has 0 aromatic carbocycles. The zero-order valence-corrected chi connectivity index (χ0v) is 12.2. The Kier molecular flexibility index (Phi) is 4.37. The summed E-state index contributed by atoms with van der Waals surface area (Å²) in [5.74, 6) is 1.13. The second-order valence-corrected chi connectivity index (χ2v) is 4.89. The summed E-state index contributed by atoms with van der Waals surface area (Å²) >= 11 is 0. The summed E-state index contributed by atoms with van der Waals surface area (Å²) in [6, 6.07) is 0.334. The van der Waals surface area contributed by atoms with Gasteiger partial charge in [0, 0.05) is 50.7 Å². The van der Waals surface area contributed by atoms with Crippen LogP contribution in [0.5, 0.6) is 0 Å². The quantitative estimate of drug-likeness (QED) is 0.859. The standard InChI is InChI=1S/C14H23N5/c1-5-12-11(10-19(4)17-12)13(15-2)6-7-14-16-8-9-18(14)3/h8-10,13,15H,5-7H2,1-4H3. The van der Waals surface area contributed by atoms with E-state index in [0.29, 0.717) is 6.04 Å². The van der Waals surface area contributed by atoms with Gasteiger partial charge >= 0.3 is 0 Å². The Hall–Kier alpha value is -1.62. The number of imidazole rings is 1. The molecule has 2 rings (SSSR count). The van der Waals surface area contributed by atoms with E-state index >= 15 is 0 Å². The van der Waals surface area contributed by atoms with Crippen molar-refractivity contribution in [2.24, 2.45) is 14.1 Å². The monoisotopic (exact) mass is 261 g/mol. The molecule has 0 spiro atoms. The zero-order chi connectivity index (χ0) is 13.8. The van der Waals surface area contributed by atoms with E-state index < -0.39 is 0 Å². The van der Waals surface area contributed by atoms with Crippen LogP contribution in [0.4, 0.5) is 0 Å². The van der Waals surface area contributed by atoms with Gasteiger partial charge in [-0.2, -0.15) is 5.10 Å². The Morgan fingerprint density at radius 2 is 2.16 bits per heavy atom. The predicted molar refractivity (Wildman–Crippen MR) is 75.9 cm³/mol. The first-order valence-corrected chi connectivity index (χ1v) is 6.81. The van der Waals surface area contributed by atoms with Crippen LogP contribution in [0.1, 0.15) is 36.5 Å². The molecule has 2 heterocycles. The minimum absolute atomic E-state index is 0.334. The maximum atomic E-state index is 4.52. The first kappa shape index (κ1) is 13.8. The van der Waals surface area contributed by atoms with Gasteiger partial charge in [-0.15, -0.1) is 0 Å². The fraction of sp³-hybridized carbons (Fsp3) is 0.571. The van der Waals surface area contributed by atoms with E-state index in [1.165, 1.54) is 11.3 Å². The molecule has 2 aromatic heterocycles. The fourth-order valence-electron chi connectivity index (χ4n) is 2.48. The highest BCUT2D eigenvalue weighted by atomic mass is 15.3. The third-order valence-corrected chi connectivity index (χ3v) is 3.57. The van der Waals surface area contributed by atoms with Crippen molar-refractivity contribution >= 4 is 0 Å². The molecule has 104 valence electrons. The van der Waals surface area contributed by atoms with Crippen molar-refractivity contribution in [3.63, 3.8) is 0 Å². The summed E-state index contributed by atoms with van der Waals surface area (Å²) < 4.78 is 3.98. The van der Waals surface area contributed by atoms with Crippen molar-refractivity contribution in [1.82, 2.24) is 24.6 Å². The molecule has 1 N–H and O–H groups in total. The molecule has 19 heavy (non-hydrogen) atoms. The van der Waals surface area contributed by atoms with Gasteiger partial charge in [0.05, 0.1) is 5.69 Å². The number of hydrogen-bond donors (Lipinski definition) is 1. The molecule has 0 amide bonds. The highest BCUT2D eigenvalue weighted by Gasteiger charge is 2.16. The molecule has 0 fully saturated rings. The summed E-state index contributed by atoms with van der Waals surface area (Å²) in [7, 11) is 6.03. The molecule has 1 atom stereocenters. The van der Waals surface area contributed by atoms with Crippen LogP contribution in [-0.2, 0) is 26.9 Å². The molecule has 0 aliphatic heterocycles. The highest BCUT2D eigenvalue weighted by molar-refractivity contribution is 5.21. The lowest BCUT2D eigenvalue weighted by Crippen LogP contribution is -2.18. The van der Waals surface area contributed by atoms with E-state index in [2.05, 4.69) is 33.1 Å². The van der Waals surface area contributed by atoms with Crippen molar-refractivity contribution in [1.29, 1.82) is 0 Å². The van der Waals surface area contributed by atoms with E-state index in [0.717, 1.165) is 25.1 Å². The van der Waals surface area contributed by atoms with Gasteiger partial charge in [0.25, 0.3) is 0 Å². The fourth-order valence-corrected chi connectivity index (χ4v) is 2.48. The molecule has 0 radical (unpaired) electrons. The lowest BCUT2D eigenvalue weighted by Gasteiger charge is -2.15. The van der Waals surface area contributed by atoms with Gasteiger partial charge in [0.2, 0.25) is 0 Å². The summed E-state index contributed by atoms with van der Waals surface area (Å²) in [6.45, 7) is 2.15. The van der Waals surface area contributed by atoms with E-state index in [-0.39, 0.29) is 0 Å². The average molecular weight is 261 g/mol. The van der Waals surface area contributed by atoms with Crippen LogP contribution < -0.4 is 5.32 Å². The van der Waals surface area contributed by atoms with Crippen molar-refractivity contribution in [2.45, 2.75) is 32.2 Å². The Morgan fingerprint density at radius 1 is 1.37 bits per heavy atom. The molecule has 0 aliphatic rings. The summed E-state index contributed by atoms with van der Waals surface area (Å²) in [6.07, 6.45) is 8.93. The van der Waals surface area contributed by atoms with Crippen LogP contribution in [0, 0.1) is 0 Å². The van der Waals surface area contributed by atoms with Crippen LogP contribution in [-0.4, -0.2) is 26.4 Å². The maximum Gasteiger partial charge on any atom is 0.108 e. The van der Waals surface area contributed by atoms with Crippen molar-refractivity contribution < 1.29 is 0 Å². The summed E-state index contributed by atoms with van der Waals surface area (Å²) in [5, 5.41) is 7.91. The van der Waals surface area contributed by atoms with Gasteiger partial charge < -0.3 is 9.88 Å². The molecule has 5 nitrogen and oxygen atoms in total. The third-order valence-electron chi connectivity index (χ3n) is 3.57. The first-order valence-electron chi connectivity index (χ1n) is 6.81. The number of aromatic nitrogens is 4. The van der Waals surface area contributed by atoms with Crippen LogP contribution in [0.25, 0.3) is 0 Å². The maximum absolute atomic E-state index is 4.52. The lowest BCUT2D eigenvalue weighted by molar-refractivity contribution is 0.532. The number of nitrogens with one attached hydrogen (secondary N) is 1. The van der Waals surface area contributed by atoms with Crippen molar-refractivity contribution in [3.05, 3.63) is 35.7 Å². The van der Waals surface area contributed by atoms with Gasteiger partial charge in [0.1, 0.15) is 5.82 Å². The summed E-state index contributed by atoms with van der Waals surface area (Å²) in [5.41, 5.74) is 2.49. The third kappa shape index (κ3) is 3.04. The Morgan fingerprint density at radius 3 is 2.74 bits per heavy atom. The largest absolute Gasteiger partial charge is 0.338 e. The second kappa shape index (κ2) is 6.02. The molecule has 0 saturated heterocycles. The van der Waals surface area contributed by atoms with E-state index in [9.17, 15) is 0 Å². The molecule has 0 saturated carbocycles. The topological polar surface area (TPSA) is 47.7 Å². The number of rotatable bonds is 6. The number of hydrogen-bond acceptors (Lipinski definition) is 3. The SMILES string of the molecule is CCc1nn(C)cc1C(CCc1nccn1C)NC. The minimum Gasteiger partial charge on any atom is -0.338 e. The predicted octanol–water partition coefficient (Wildman–Crippen LogP) is 1.61. The lowest BCUT2D eigenvalue weighted by atomic mass is 10.0. The minimum atomic E-state index is 0.334. The van der Waals surface area contributed by atoms with Crippen molar-refractivity contribution in [3.8, 4) is 0 Å². The molecular weight excluding hydrogens is 238 g/mol.